The summed E-state index contributed by atoms with van der Waals surface area (Å²) in [7, 11) is 0. The monoisotopic (exact) mass is 477 g/mol. The Bertz CT molecular complexity index is 1190. The molecule has 1 saturated heterocycles. The molecular weight excluding hydrogens is 442 g/mol. The first-order valence-corrected chi connectivity index (χ1v) is 12.6. The van der Waals surface area contributed by atoms with E-state index in [1.165, 1.54) is 6.42 Å². The number of likely N-dealkylation sites (tertiary alicyclic amines) is 1. The quantitative estimate of drug-likeness (QED) is 0.501. The molecule has 1 aromatic carbocycles. The molecule has 0 spiro atoms. The lowest BCUT2D eigenvalue weighted by Gasteiger charge is -2.27. The molecule has 1 unspecified atom stereocenters. The number of rotatable bonds is 6. The maximum absolute atomic E-state index is 13.3. The summed E-state index contributed by atoms with van der Waals surface area (Å²) < 4.78 is 6.98. The first kappa shape index (κ1) is 24.7. The number of anilines is 1. The molecule has 186 valence electrons. The molecule has 0 radical (unpaired) electrons. The van der Waals surface area contributed by atoms with Crippen molar-refractivity contribution in [3.8, 4) is 11.3 Å². The van der Waals surface area contributed by atoms with E-state index in [0.717, 1.165) is 49.2 Å². The van der Waals surface area contributed by atoms with E-state index in [0.29, 0.717) is 23.6 Å². The van der Waals surface area contributed by atoms with Crippen LogP contribution in [0.15, 0.2) is 36.4 Å². The standard InChI is InChI=1S/C27H35N5O3/c1-5-22-15-24(26(33)31-14-8-6-7-9-19(31)4)29-25-16-23(30-32(22)25)20-10-12-21(13-11-20)28-27(34)35-17-18(2)3/h10-13,15-16,18-19H,5-9,14,17H2,1-4H3,(H,28,34). The maximum atomic E-state index is 13.3. The highest BCUT2D eigenvalue weighted by Crippen LogP contribution is 2.24. The van der Waals surface area contributed by atoms with Crippen molar-refractivity contribution >= 4 is 23.3 Å². The van der Waals surface area contributed by atoms with Crippen LogP contribution in [0.4, 0.5) is 10.5 Å². The predicted molar refractivity (Wildman–Crippen MR) is 137 cm³/mol. The van der Waals surface area contributed by atoms with Crippen LogP contribution in [0, 0.1) is 5.92 Å². The molecule has 8 nitrogen and oxygen atoms in total. The van der Waals surface area contributed by atoms with Crippen LogP contribution in [0.25, 0.3) is 16.9 Å². The fourth-order valence-electron chi connectivity index (χ4n) is 4.38. The van der Waals surface area contributed by atoms with Gasteiger partial charge < -0.3 is 9.64 Å². The molecule has 0 saturated carbocycles. The van der Waals surface area contributed by atoms with E-state index in [1.807, 2.05) is 59.7 Å². The van der Waals surface area contributed by atoms with Gasteiger partial charge in [-0.05, 0) is 50.3 Å². The van der Waals surface area contributed by atoms with Gasteiger partial charge in [0.05, 0.1) is 12.3 Å². The first-order valence-electron chi connectivity index (χ1n) is 12.6. The number of carbonyl (C=O) groups is 2. The topological polar surface area (TPSA) is 88.8 Å². The third-order valence-electron chi connectivity index (χ3n) is 6.37. The highest BCUT2D eigenvalue weighted by atomic mass is 16.5. The Balaban J connectivity index is 1.56. The average Bonchev–Trinajstić information content (AvgIpc) is 3.17. The second-order valence-electron chi connectivity index (χ2n) is 9.68. The number of aromatic nitrogens is 3. The molecule has 1 atom stereocenters. The normalized spacial score (nSPS) is 16.4. The Labute approximate surface area is 206 Å². The van der Waals surface area contributed by atoms with Gasteiger partial charge in [0.2, 0.25) is 0 Å². The third-order valence-corrected chi connectivity index (χ3v) is 6.37. The number of fused-ring (bicyclic) bond motifs is 1. The van der Waals surface area contributed by atoms with E-state index in [2.05, 4.69) is 19.2 Å². The second kappa shape index (κ2) is 10.9. The molecule has 0 bridgehead atoms. The number of ether oxygens (including phenoxy) is 1. The van der Waals surface area contributed by atoms with Gasteiger partial charge in [0.25, 0.3) is 5.91 Å². The van der Waals surface area contributed by atoms with E-state index in [-0.39, 0.29) is 17.9 Å². The van der Waals surface area contributed by atoms with Crippen LogP contribution >= 0.6 is 0 Å². The molecule has 4 rings (SSSR count). The van der Waals surface area contributed by atoms with E-state index in [9.17, 15) is 9.59 Å². The first-order chi connectivity index (χ1) is 16.9. The number of benzene rings is 1. The smallest absolute Gasteiger partial charge is 0.411 e. The molecule has 2 amide bonds. The van der Waals surface area contributed by atoms with E-state index < -0.39 is 6.09 Å². The van der Waals surface area contributed by atoms with E-state index in [4.69, 9.17) is 14.8 Å². The zero-order valence-corrected chi connectivity index (χ0v) is 21.1. The van der Waals surface area contributed by atoms with Crippen molar-refractivity contribution in [1.29, 1.82) is 0 Å². The lowest BCUT2D eigenvalue weighted by molar-refractivity contribution is 0.0691. The van der Waals surface area contributed by atoms with Crippen LogP contribution in [0.3, 0.4) is 0 Å². The second-order valence-corrected chi connectivity index (χ2v) is 9.68. The van der Waals surface area contributed by atoms with Crippen LogP contribution in [-0.2, 0) is 11.2 Å². The Hall–Kier alpha value is -3.42. The average molecular weight is 478 g/mol. The molecule has 3 heterocycles. The van der Waals surface area contributed by atoms with Gasteiger partial charge in [0.15, 0.2) is 5.65 Å². The number of amides is 2. The fraction of sp³-hybridized carbons (Fsp3) is 0.481. The summed E-state index contributed by atoms with van der Waals surface area (Å²) in [5.41, 5.74) is 4.39. The lowest BCUT2D eigenvalue weighted by Crippen LogP contribution is -2.38. The molecule has 2 aromatic heterocycles. The predicted octanol–water partition coefficient (Wildman–Crippen LogP) is 5.57. The van der Waals surface area contributed by atoms with Crippen molar-refractivity contribution in [2.24, 2.45) is 5.92 Å². The van der Waals surface area contributed by atoms with Gasteiger partial charge in [0, 0.05) is 35.6 Å². The lowest BCUT2D eigenvalue weighted by atomic mass is 10.1. The van der Waals surface area contributed by atoms with Gasteiger partial charge >= 0.3 is 6.09 Å². The summed E-state index contributed by atoms with van der Waals surface area (Å²) in [5.74, 6) is 0.280. The SMILES string of the molecule is CCc1cc(C(=O)N2CCCCCC2C)nc2cc(-c3ccc(NC(=O)OCC(C)C)cc3)nn12. The van der Waals surface area contributed by atoms with Crippen LogP contribution in [-0.4, -0.2) is 50.7 Å². The summed E-state index contributed by atoms with van der Waals surface area (Å²) in [5, 5.41) is 7.49. The molecule has 0 aliphatic carbocycles. The van der Waals surface area contributed by atoms with Gasteiger partial charge in [0.1, 0.15) is 5.69 Å². The van der Waals surface area contributed by atoms with Gasteiger partial charge in [-0.2, -0.15) is 5.10 Å². The highest BCUT2D eigenvalue weighted by Gasteiger charge is 2.25. The summed E-state index contributed by atoms with van der Waals surface area (Å²) in [6.45, 7) is 9.32. The summed E-state index contributed by atoms with van der Waals surface area (Å²) >= 11 is 0. The summed E-state index contributed by atoms with van der Waals surface area (Å²) in [6, 6.07) is 11.4. The van der Waals surface area contributed by atoms with Gasteiger partial charge in [-0.1, -0.05) is 45.7 Å². The molecule has 1 aliphatic rings. The Morgan fingerprint density at radius 2 is 1.91 bits per heavy atom. The minimum absolute atomic E-state index is 0.000805. The summed E-state index contributed by atoms with van der Waals surface area (Å²) in [6.07, 6.45) is 4.67. The van der Waals surface area contributed by atoms with E-state index in [1.54, 1.807) is 0 Å². The zero-order valence-electron chi connectivity index (χ0n) is 21.1. The van der Waals surface area contributed by atoms with Crippen molar-refractivity contribution in [1.82, 2.24) is 19.5 Å². The number of hydrogen-bond acceptors (Lipinski definition) is 5. The van der Waals surface area contributed by atoms with Crippen LogP contribution in [0.2, 0.25) is 0 Å². The molecule has 1 aliphatic heterocycles. The molecule has 1 N–H and O–H groups in total. The van der Waals surface area contributed by atoms with Gasteiger partial charge in [-0.15, -0.1) is 0 Å². The van der Waals surface area contributed by atoms with Crippen molar-refractivity contribution < 1.29 is 14.3 Å². The van der Waals surface area contributed by atoms with Crippen LogP contribution in [0.5, 0.6) is 0 Å². The number of hydrogen-bond donors (Lipinski definition) is 1. The molecule has 35 heavy (non-hydrogen) atoms. The Kier molecular flexibility index (Phi) is 7.68. The Morgan fingerprint density at radius 3 is 2.63 bits per heavy atom. The number of aryl methyl sites for hydroxylation is 1. The molecule has 1 fully saturated rings. The van der Waals surface area contributed by atoms with Gasteiger partial charge in [-0.3, -0.25) is 10.1 Å². The van der Waals surface area contributed by atoms with Crippen LogP contribution in [0.1, 0.15) is 69.6 Å². The summed E-state index contributed by atoms with van der Waals surface area (Å²) in [4.78, 5) is 31.9. The highest BCUT2D eigenvalue weighted by molar-refractivity contribution is 5.93. The van der Waals surface area contributed by atoms with Crippen molar-refractivity contribution in [3.63, 3.8) is 0 Å². The minimum Gasteiger partial charge on any atom is -0.449 e. The zero-order chi connectivity index (χ0) is 24.9. The van der Waals surface area contributed by atoms with Crippen LogP contribution < -0.4 is 5.32 Å². The molecule has 3 aromatic rings. The number of nitrogens with one attached hydrogen (secondary N) is 1. The Morgan fingerprint density at radius 1 is 1.14 bits per heavy atom. The minimum atomic E-state index is -0.466. The maximum Gasteiger partial charge on any atom is 0.411 e. The fourth-order valence-corrected chi connectivity index (χ4v) is 4.38. The van der Waals surface area contributed by atoms with Crippen molar-refractivity contribution in [2.75, 3.05) is 18.5 Å². The van der Waals surface area contributed by atoms with Crippen molar-refractivity contribution in [3.05, 3.63) is 47.8 Å². The number of nitrogens with zero attached hydrogens (tertiary/aromatic N) is 4. The number of carbonyl (C=O) groups excluding carboxylic acids is 2. The van der Waals surface area contributed by atoms with E-state index >= 15 is 0 Å². The largest absolute Gasteiger partial charge is 0.449 e. The van der Waals surface area contributed by atoms with Gasteiger partial charge in [-0.25, -0.2) is 14.3 Å². The molecule has 8 heteroatoms. The molecular formula is C27H35N5O3. The van der Waals surface area contributed by atoms with Crippen molar-refractivity contribution in [2.45, 2.75) is 65.8 Å². The third kappa shape index (κ3) is 5.81.